The number of hydrogen-bond acceptors (Lipinski definition) is 6. The molecule has 0 bridgehead atoms. The number of benzene rings is 2. The number of allylic oxidation sites excluding steroid dienone is 10. The highest BCUT2D eigenvalue weighted by Gasteiger charge is 2.46. The molecule has 2 aromatic carbocycles. The molecule has 6 aliphatic rings. The maximum atomic E-state index is 5.90. The SMILES string of the molecule is CC1(C)C2=CC3C=C4C(=CC3C=C2c2sc(C=C3C(=S)c5ccccc5C3=S)cc21)C(C)(C)c1cc(C=C2C(=S)c3ccccc3C2=S)sc14. The summed E-state index contributed by atoms with van der Waals surface area (Å²) < 4.78 is 0. The first-order valence-electron chi connectivity index (χ1n) is 16.9. The maximum Gasteiger partial charge on any atom is 0.0543 e. The lowest BCUT2D eigenvalue weighted by Crippen LogP contribution is -2.24. The third-order valence-corrected chi connectivity index (χ3v) is 15.5. The van der Waals surface area contributed by atoms with E-state index in [0.717, 1.165) is 52.9 Å². The molecule has 2 atom stereocenters. The van der Waals surface area contributed by atoms with Crippen LogP contribution in [0.2, 0.25) is 0 Å². The molecule has 0 N–H and O–H groups in total. The van der Waals surface area contributed by atoms with E-state index < -0.39 is 0 Å². The molecule has 50 heavy (non-hydrogen) atoms. The van der Waals surface area contributed by atoms with Crippen LogP contribution in [-0.2, 0) is 10.8 Å². The molecule has 0 radical (unpaired) electrons. The first-order valence-corrected chi connectivity index (χ1v) is 20.2. The fourth-order valence-corrected chi connectivity index (χ4v) is 12.9. The van der Waals surface area contributed by atoms with Crippen molar-refractivity contribution in [1.82, 2.24) is 0 Å². The van der Waals surface area contributed by atoms with Gasteiger partial charge < -0.3 is 0 Å². The van der Waals surface area contributed by atoms with Crippen molar-refractivity contribution < 1.29 is 0 Å². The molecule has 0 aliphatic heterocycles. The van der Waals surface area contributed by atoms with Crippen LogP contribution in [0.25, 0.3) is 23.3 Å². The van der Waals surface area contributed by atoms with E-state index in [4.69, 9.17) is 48.9 Å². The van der Waals surface area contributed by atoms with Crippen LogP contribution in [0, 0.1) is 11.8 Å². The number of rotatable bonds is 2. The minimum atomic E-state index is -0.0837. The van der Waals surface area contributed by atoms with Crippen LogP contribution in [0.15, 0.2) is 107 Å². The van der Waals surface area contributed by atoms with Gasteiger partial charge in [-0.1, -0.05) is 149 Å². The van der Waals surface area contributed by atoms with Crippen molar-refractivity contribution in [1.29, 1.82) is 0 Å². The molecule has 6 heteroatoms. The molecule has 0 fully saturated rings. The smallest absolute Gasteiger partial charge is 0.0543 e. The van der Waals surface area contributed by atoms with Gasteiger partial charge in [-0.05, 0) is 57.7 Å². The molecule has 2 unspecified atom stereocenters. The Balaban J connectivity index is 0.996. The number of fused-ring (bicyclic) bond motifs is 9. The van der Waals surface area contributed by atoms with Crippen molar-refractivity contribution in [3.63, 3.8) is 0 Å². The Morgan fingerprint density at radius 1 is 0.520 bits per heavy atom. The summed E-state index contributed by atoms with van der Waals surface area (Å²) in [6, 6.07) is 21.3. The topological polar surface area (TPSA) is 0 Å². The molecular weight excluding hydrogens is 721 g/mol. The van der Waals surface area contributed by atoms with E-state index in [1.165, 1.54) is 52.9 Å². The highest BCUT2D eigenvalue weighted by atomic mass is 32.1. The Morgan fingerprint density at radius 3 is 1.20 bits per heavy atom. The molecule has 0 spiro atoms. The Kier molecular flexibility index (Phi) is 6.65. The van der Waals surface area contributed by atoms with E-state index in [-0.39, 0.29) is 10.8 Å². The molecular formula is C44H30S6. The lowest BCUT2D eigenvalue weighted by molar-refractivity contribution is 0.592. The fourth-order valence-electron chi connectivity index (χ4n) is 8.83. The Labute approximate surface area is 322 Å². The number of hydrogen-bond donors (Lipinski definition) is 0. The molecule has 0 nitrogen and oxygen atoms in total. The Hall–Kier alpha value is -3.36. The van der Waals surface area contributed by atoms with Crippen LogP contribution < -0.4 is 0 Å². The van der Waals surface area contributed by atoms with Gasteiger partial charge in [0.2, 0.25) is 0 Å². The average molecular weight is 751 g/mol. The van der Waals surface area contributed by atoms with E-state index in [1.807, 2.05) is 46.9 Å². The highest BCUT2D eigenvalue weighted by molar-refractivity contribution is 7.84. The first-order chi connectivity index (χ1) is 23.9. The van der Waals surface area contributed by atoms with Gasteiger partial charge in [-0.25, -0.2) is 0 Å². The minimum Gasteiger partial charge on any atom is -0.136 e. The summed E-state index contributed by atoms with van der Waals surface area (Å²) >= 11 is 27.3. The molecule has 2 aromatic heterocycles. The van der Waals surface area contributed by atoms with Gasteiger partial charge in [-0.15, -0.1) is 22.7 Å². The Morgan fingerprint density at radius 2 is 0.860 bits per heavy atom. The summed E-state index contributed by atoms with van der Waals surface area (Å²) in [6.07, 6.45) is 14.7. The van der Waals surface area contributed by atoms with E-state index in [0.29, 0.717) is 11.8 Å². The maximum absolute atomic E-state index is 5.90. The zero-order chi connectivity index (χ0) is 34.4. The molecule has 4 aromatic rings. The van der Waals surface area contributed by atoms with Crippen molar-refractivity contribution in [3.8, 4) is 0 Å². The molecule has 242 valence electrons. The summed E-state index contributed by atoms with van der Waals surface area (Å²) in [5.41, 5.74) is 14.7. The standard InChI is InChI=1S/C44H30S6/c1-43(2)33-15-21-14-30-34(44(3,4)36-20-24(50-42(30)36)18-32-39(47)27-11-7-8-12-28(27)40(32)48)16-22(21)13-29(33)41-35(43)19-23(49-41)17-31-37(45)25-9-5-6-10-26(25)38(31)46/h5-22H,1-4H3. The quantitative estimate of drug-likeness (QED) is 0.148. The van der Waals surface area contributed by atoms with Crippen molar-refractivity contribution in [3.05, 3.63) is 160 Å². The molecule has 10 rings (SSSR count). The van der Waals surface area contributed by atoms with Crippen molar-refractivity contribution in [2.24, 2.45) is 11.8 Å². The largest absolute Gasteiger partial charge is 0.136 e. The molecule has 0 saturated heterocycles. The monoisotopic (exact) mass is 750 g/mol. The zero-order valence-corrected chi connectivity index (χ0v) is 32.7. The van der Waals surface area contributed by atoms with Gasteiger partial charge >= 0.3 is 0 Å². The van der Waals surface area contributed by atoms with E-state index in [2.05, 4.69) is 101 Å². The molecule has 0 saturated carbocycles. The van der Waals surface area contributed by atoms with Crippen molar-refractivity contribution >= 4 is 114 Å². The summed E-state index contributed by atoms with van der Waals surface area (Å²) in [7, 11) is 0. The lowest BCUT2D eigenvalue weighted by Gasteiger charge is -2.33. The third kappa shape index (κ3) is 4.18. The van der Waals surface area contributed by atoms with Crippen LogP contribution in [-0.4, -0.2) is 19.5 Å². The minimum absolute atomic E-state index is 0.0837. The second-order valence-corrected chi connectivity index (χ2v) is 18.8. The van der Waals surface area contributed by atoms with Crippen LogP contribution >= 0.6 is 71.5 Å². The van der Waals surface area contributed by atoms with Crippen LogP contribution in [0.1, 0.15) is 80.6 Å². The number of thiocarbonyl (C=S) groups is 4. The molecule has 0 amide bonds. The normalized spacial score (nSPS) is 22.9. The predicted octanol–water partition coefficient (Wildman–Crippen LogP) is 12.0. The van der Waals surface area contributed by atoms with E-state index >= 15 is 0 Å². The van der Waals surface area contributed by atoms with E-state index in [1.54, 1.807) is 0 Å². The number of thiophene rings is 2. The van der Waals surface area contributed by atoms with Crippen molar-refractivity contribution in [2.45, 2.75) is 38.5 Å². The fraction of sp³-hybridized carbons (Fsp3) is 0.182. The Bertz CT molecular complexity index is 2310. The zero-order valence-electron chi connectivity index (χ0n) is 27.8. The summed E-state index contributed by atoms with van der Waals surface area (Å²) in [5.74, 6) is 0.647. The van der Waals surface area contributed by atoms with Gasteiger partial charge in [0, 0.05) is 75.6 Å². The summed E-state index contributed by atoms with van der Waals surface area (Å²) in [6.45, 7) is 9.53. The van der Waals surface area contributed by atoms with Gasteiger partial charge in [0.25, 0.3) is 0 Å². The van der Waals surface area contributed by atoms with Gasteiger partial charge in [0.05, 0.1) is 19.5 Å². The first kappa shape index (κ1) is 31.4. The summed E-state index contributed by atoms with van der Waals surface area (Å²) in [5, 5.41) is 0. The highest BCUT2D eigenvalue weighted by Crippen LogP contribution is 2.60. The second kappa shape index (κ2) is 10.6. The lowest BCUT2D eigenvalue weighted by atomic mass is 9.70. The van der Waals surface area contributed by atoms with Gasteiger partial charge in [0.1, 0.15) is 0 Å². The molecule has 2 heterocycles. The van der Waals surface area contributed by atoms with Gasteiger partial charge in [-0.3, -0.25) is 0 Å². The van der Waals surface area contributed by atoms with Crippen molar-refractivity contribution in [2.75, 3.05) is 0 Å². The summed E-state index contributed by atoms with van der Waals surface area (Å²) in [4.78, 5) is 8.67. The van der Waals surface area contributed by atoms with Gasteiger partial charge in [-0.2, -0.15) is 0 Å². The van der Waals surface area contributed by atoms with Crippen LogP contribution in [0.4, 0.5) is 0 Å². The van der Waals surface area contributed by atoms with Crippen LogP contribution in [0.5, 0.6) is 0 Å². The molecule has 6 aliphatic carbocycles. The van der Waals surface area contributed by atoms with E-state index in [9.17, 15) is 0 Å². The van der Waals surface area contributed by atoms with Gasteiger partial charge in [0.15, 0.2) is 0 Å². The average Bonchev–Trinajstić information content (AvgIpc) is 3.91. The second-order valence-electron chi connectivity index (χ2n) is 15.0. The predicted molar refractivity (Wildman–Crippen MR) is 229 cm³/mol. The van der Waals surface area contributed by atoms with Crippen LogP contribution in [0.3, 0.4) is 0 Å². The third-order valence-electron chi connectivity index (χ3n) is 11.5.